The number of aryl methyl sites for hydroxylation is 1. The van der Waals surface area contributed by atoms with Crippen molar-refractivity contribution in [1.82, 2.24) is 14.8 Å². The number of allylic oxidation sites excluding steroid dienone is 1. The number of nitrogens with one attached hydrogen (secondary N) is 2. The molecule has 0 bridgehead atoms. The van der Waals surface area contributed by atoms with Crippen molar-refractivity contribution in [1.29, 1.82) is 0 Å². The highest BCUT2D eigenvalue weighted by atomic mass is 79.9. The lowest BCUT2D eigenvalue weighted by molar-refractivity contribution is -0.113. The second-order valence-electron chi connectivity index (χ2n) is 8.43. The summed E-state index contributed by atoms with van der Waals surface area (Å²) in [6, 6.07) is 20.4. The van der Waals surface area contributed by atoms with Crippen LogP contribution >= 0.6 is 27.5 Å². The van der Waals surface area contributed by atoms with E-state index in [0.29, 0.717) is 28.0 Å². The van der Waals surface area contributed by atoms with Crippen molar-refractivity contribution in [3.63, 3.8) is 0 Å². The number of benzene rings is 3. The molecule has 4 aromatic rings. The fourth-order valence-corrected chi connectivity index (χ4v) is 4.78. The van der Waals surface area contributed by atoms with Crippen LogP contribution in [0.3, 0.4) is 0 Å². The van der Waals surface area contributed by atoms with Crippen molar-refractivity contribution in [3.8, 4) is 5.75 Å². The average molecular weight is 565 g/mol. The molecule has 182 valence electrons. The highest BCUT2D eigenvalue weighted by Crippen LogP contribution is 2.40. The SMILES string of the molecule is CC1=C(C(=O)Nc2ccccc2C)C(c2cc(Br)ccc2OCc2ccccc2Cl)n2ncnc2N1. The molecular formula is C27H23BrClN5O2. The maximum absolute atomic E-state index is 13.7. The zero-order chi connectivity index (χ0) is 25.2. The summed E-state index contributed by atoms with van der Waals surface area (Å²) in [4.78, 5) is 18.1. The summed E-state index contributed by atoms with van der Waals surface area (Å²) in [6.45, 7) is 4.09. The highest BCUT2D eigenvalue weighted by molar-refractivity contribution is 9.10. The Bertz CT molecular complexity index is 1480. The normalized spacial score (nSPS) is 14.7. The molecule has 7 nitrogen and oxygen atoms in total. The highest BCUT2D eigenvalue weighted by Gasteiger charge is 2.35. The molecule has 3 aromatic carbocycles. The van der Waals surface area contributed by atoms with Gasteiger partial charge in [-0.15, -0.1) is 0 Å². The number of aromatic nitrogens is 3. The van der Waals surface area contributed by atoms with E-state index in [1.54, 1.807) is 4.68 Å². The number of hydrogen-bond acceptors (Lipinski definition) is 5. The summed E-state index contributed by atoms with van der Waals surface area (Å²) >= 11 is 9.93. The third-order valence-corrected chi connectivity index (χ3v) is 6.90. The molecule has 0 saturated carbocycles. The van der Waals surface area contributed by atoms with E-state index in [9.17, 15) is 4.79 Å². The van der Waals surface area contributed by atoms with Crippen molar-refractivity contribution < 1.29 is 9.53 Å². The molecule has 0 aliphatic carbocycles. The number of nitrogens with zero attached hydrogens (tertiary/aromatic N) is 3. The van der Waals surface area contributed by atoms with Gasteiger partial charge in [0.05, 0.1) is 5.57 Å². The molecule has 0 saturated heterocycles. The van der Waals surface area contributed by atoms with E-state index in [1.807, 2.05) is 80.6 Å². The average Bonchev–Trinajstić information content (AvgIpc) is 3.32. The Morgan fingerprint density at radius 3 is 2.72 bits per heavy atom. The summed E-state index contributed by atoms with van der Waals surface area (Å²) in [5, 5.41) is 11.3. The zero-order valence-electron chi connectivity index (χ0n) is 19.6. The Kier molecular flexibility index (Phi) is 6.80. The van der Waals surface area contributed by atoms with Crippen LogP contribution in [0.25, 0.3) is 0 Å². The van der Waals surface area contributed by atoms with Gasteiger partial charge >= 0.3 is 0 Å². The molecule has 1 atom stereocenters. The molecule has 1 aliphatic heterocycles. The van der Waals surface area contributed by atoms with E-state index < -0.39 is 6.04 Å². The summed E-state index contributed by atoms with van der Waals surface area (Å²) in [6.07, 6.45) is 1.47. The molecule has 1 aliphatic rings. The maximum Gasteiger partial charge on any atom is 0.255 e. The number of carbonyl (C=O) groups excluding carboxylic acids is 1. The first-order valence-electron chi connectivity index (χ1n) is 11.3. The van der Waals surface area contributed by atoms with Crippen LogP contribution in [-0.2, 0) is 11.4 Å². The quantitative estimate of drug-likeness (QED) is 0.279. The predicted molar refractivity (Wildman–Crippen MR) is 144 cm³/mol. The molecule has 0 fully saturated rings. The topological polar surface area (TPSA) is 81.1 Å². The number of hydrogen-bond donors (Lipinski definition) is 2. The van der Waals surface area contributed by atoms with Crippen LogP contribution in [0.2, 0.25) is 5.02 Å². The lowest BCUT2D eigenvalue weighted by Crippen LogP contribution is -2.32. The molecule has 1 amide bonds. The maximum atomic E-state index is 13.7. The predicted octanol–water partition coefficient (Wildman–Crippen LogP) is 6.51. The van der Waals surface area contributed by atoms with E-state index in [2.05, 4.69) is 36.6 Å². The van der Waals surface area contributed by atoms with E-state index in [1.165, 1.54) is 6.33 Å². The Morgan fingerprint density at radius 2 is 1.92 bits per heavy atom. The van der Waals surface area contributed by atoms with Crippen molar-refractivity contribution >= 4 is 45.1 Å². The summed E-state index contributed by atoms with van der Waals surface area (Å²) in [5.41, 5.74) is 4.54. The van der Waals surface area contributed by atoms with Gasteiger partial charge in [0.2, 0.25) is 5.95 Å². The minimum Gasteiger partial charge on any atom is -0.488 e. The lowest BCUT2D eigenvalue weighted by Gasteiger charge is -2.30. The third-order valence-electron chi connectivity index (χ3n) is 6.04. The van der Waals surface area contributed by atoms with Crippen LogP contribution in [0.1, 0.15) is 29.7 Å². The van der Waals surface area contributed by atoms with E-state index in [4.69, 9.17) is 16.3 Å². The molecule has 1 unspecified atom stereocenters. The Balaban J connectivity index is 1.56. The van der Waals surface area contributed by atoms with Gasteiger partial charge in [0.25, 0.3) is 5.91 Å². The number of rotatable bonds is 6. The fourth-order valence-electron chi connectivity index (χ4n) is 4.21. The first kappa shape index (κ1) is 24.1. The Hall–Kier alpha value is -3.62. The van der Waals surface area contributed by atoms with Crippen molar-refractivity contribution in [2.24, 2.45) is 0 Å². The number of carbonyl (C=O) groups is 1. The molecule has 0 spiro atoms. The first-order valence-corrected chi connectivity index (χ1v) is 12.5. The van der Waals surface area contributed by atoms with E-state index in [0.717, 1.165) is 26.9 Å². The van der Waals surface area contributed by atoms with Gasteiger partial charge in [-0.25, -0.2) is 4.68 Å². The largest absolute Gasteiger partial charge is 0.488 e. The smallest absolute Gasteiger partial charge is 0.255 e. The van der Waals surface area contributed by atoms with Gasteiger partial charge in [-0.05, 0) is 49.7 Å². The van der Waals surface area contributed by atoms with Crippen LogP contribution < -0.4 is 15.4 Å². The summed E-state index contributed by atoms with van der Waals surface area (Å²) < 4.78 is 8.81. The molecule has 1 aromatic heterocycles. The summed E-state index contributed by atoms with van der Waals surface area (Å²) in [5.74, 6) is 0.917. The van der Waals surface area contributed by atoms with Crippen LogP contribution in [0.15, 0.2) is 88.8 Å². The van der Waals surface area contributed by atoms with Crippen LogP contribution in [0.5, 0.6) is 5.75 Å². The van der Waals surface area contributed by atoms with Crippen LogP contribution in [0, 0.1) is 6.92 Å². The van der Waals surface area contributed by atoms with Crippen LogP contribution in [-0.4, -0.2) is 20.7 Å². The zero-order valence-corrected chi connectivity index (χ0v) is 22.0. The van der Waals surface area contributed by atoms with Gasteiger partial charge in [0.15, 0.2) is 0 Å². The molecule has 2 heterocycles. The minimum atomic E-state index is -0.577. The second-order valence-corrected chi connectivity index (χ2v) is 9.75. The molecule has 2 N–H and O–H groups in total. The molecular weight excluding hydrogens is 542 g/mol. The minimum absolute atomic E-state index is 0.238. The van der Waals surface area contributed by atoms with Gasteiger partial charge in [-0.3, -0.25) is 4.79 Å². The van der Waals surface area contributed by atoms with Gasteiger partial charge in [-0.2, -0.15) is 10.1 Å². The van der Waals surface area contributed by atoms with Gasteiger partial charge in [0.1, 0.15) is 24.7 Å². The first-order chi connectivity index (χ1) is 17.4. The molecule has 0 radical (unpaired) electrons. The second kappa shape index (κ2) is 10.2. The number of amides is 1. The third kappa shape index (κ3) is 4.74. The summed E-state index contributed by atoms with van der Waals surface area (Å²) in [7, 11) is 0. The van der Waals surface area contributed by atoms with Crippen molar-refractivity contribution in [2.75, 3.05) is 10.6 Å². The molecule has 36 heavy (non-hydrogen) atoms. The Labute approximate surface area is 222 Å². The Morgan fingerprint density at radius 1 is 1.14 bits per heavy atom. The van der Waals surface area contributed by atoms with Crippen molar-refractivity contribution in [2.45, 2.75) is 26.5 Å². The van der Waals surface area contributed by atoms with Gasteiger partial charge in [0, 0.05) is 32.0 Å². The standard InChI is InChI=1S/C27H23BrClN5O2/c1-16-7-3-6-10-22(16)33-26(35)24-17(2)32-27-30-15-31-34(27)25(24)20-13-19(28)11-12-23(20)36-14-18-8-4-5-9-21(18)29/h3-13,15,25H,14H2,1-2H3,(H,33,35)(H,30,31,32). The van der Waals surface area contributed by atoms with Gasteiger partial charge < -0.3 is 15.4 Å². The van der Waals surface area contributed by atoms with E-state index >= 15 is 0 Å². The number of anilines is 2. The number of fused-ring (bicyclic) bond motifs is 1. The van der Waals surface area contributed by atoms with Crippen LogP contribution in [0.4, 0.5) is 11.6 Å². The van der Waals surface area contributed by atoms with Crippen molar-refractivity contribution in [3.05, 3.63) is 111 Å². The number of halogens is 2. The number of ether oxygens (including phenoxy) is 1. The molecule has 5 rings (SSSR count). The monoisotopic (exact) mass is 563 g/mol. The molecule has 9 heteroatoms. The number of para-hydroxylation sites is 1. The lowest BCUT2D eigenvalue weighted by atomic mass is 9.94. The fraction of sp³-hybridized carbons (Fsp3) is 0.148. The van der Waals surface area contributed by atoms with Gasteiger partial charge in [-0.1, -0.05) is 63.9 Å². The van der Waals surface area contributed by atoms with E-state index in [-0.39, 0.29) is 12.5 Å².